The van der Waals surface area contributed by atoms with Crippen molar-refractivity contribution in [2.24, 2.45) is 5.92 Å². The van der Waals surface area contributed by atoms with Gasteiger partial charge in [0.1, 0.15) is 5.82 Å². The maximum Gasteiger partial charge on any atom is 0.214 e. The molecule has 0 amide bonds. The molecule has 2 atom stereocenters. The molecule has 114 valence electrons. The van der Waals surface area contributed by atoms with Crippen molar-refractivity contribution in [1.29, 1.82) is 0 Å². The van der Waals surface area contributed by atoms with Crippen LogP contribution in [0, 0.1) is 12.8 Å². The Morgan fingerprint density at radius 3 is 2.85 bits per heavy atom. The molecule has 1 aliphatic rings. The highest BCUT2D eigenvalue weighted by Gasteiger charge is 2.34. The summed E-state index contributed by atoms with van der Waals surface area (Å²) in [5.41, 5.74) is 0. The molecule has 1 fully saturated rings. The lowest BCUT2D eigenvalue weighted by Gasteiger charge is -2.26. The first kappa shape index (κ1) is 15.5. The lowest BCUT2D eigenvalue weighted by atomic mass is 10.2. The Labute approximate surface area is 122 Å². The summed E-state index contributed by atoms with van der Waals surface area (Å²) in [5, 5.41) is 0. The van der Waals surface area contributed by atoms with E-state index < -0.39 is 10.0 Å². The summed E-state index contributed by atoms with van der Waals surface area (Å²) in [4.78, 5) is 4.20. The first-order valence-corrected chi connectivity index (χ1v) is 9.02. The van der Waals surface area contributed by atoms with Crippen LogP contribution in [0.4, 0.5) is 0 Å². The van der Waals surface area contributed by atoms with Crippen LogP contribution in [0.25, 0.3) is 0 Å². The number of rotatable bonds is 6. The van der Waals surface area contributed by atoms with Crippen molar-refractivity contribution in [3.63, 3.8) is 0 Å². The minimum Gasteiger partial charge on any atom is -0.334 e. The van der Waals surface area contributed by atoms with Crippen LogP contribution < -0.4 is 0 Å². The van der Waals surface area contributed by atoms with E-state index >= 15 is 0 Å². The largest absolute Gasteiger partial charge is 0.334 e. The summed E-state index contributed by atoms with van der Waals surface area (Å²) in [6, 6.07) is 0.0805. The molecule has 0 radical (unpaired) electrons. The molecule has 0 bridgehead atoms. The van der Waals surface area contributed by atoms with E-state index in [2.05, 4.69) is 4.98 Å². The van der Waals surface area contributed by atoms with Gasteiger partial charge in [-0.05, 0) is 25.7 Å². The van der Waals surface area contributed by atoms with Gasteiger partial charge in [-0.25, -0.2) is 13.4 Å². The fourth-order valence-corrected chi connectivity index (χ4v) is 4.93. The zero-order chi connectivity index (χ0) is 14.8. The van der Waals surface area contributed by atoms with Gasteiger partial charge in [0.25, 0.3) is 0 Å². The van der Waals surface area contributed by atoms with Gasteiger partial charge in [-0.2, -0.15) is 4.31 Å². The van der Waals surface area contributed by atoms with Gasteiger partial charge in [0, 0.05) is 31.5 Å². The number of aryl methyl sites for hydroxylation is 1. The molecule has 0 unspecified atom stereocenters. The molecule has 5 nitrogen and oxygen atoms in total. The number of aromatic nitrogens is 2. The minimum atomic E-state index is -3.14. The highest BCUT2D eigenvalue weighted by atomic mass is 32.2. The average Bonchev–Trinajstić information content (AvgIpc) is 3.00. The molecule has 1 aromatic rings. The number of hydrogen-bond acceptors (Lipinski definition) is 3. The van der Waals surface area contributed by atoms with Gasteiger partial charge in [-0.3, -0.25) is 0 Å². The quantitative estimate of drug-likeness (QED) is 0.807. The van der Waals surface area contributed by atoms with Crippen molar-refractivity contribution in [3.8, 4) is 0 Å². The molecule has 1 aromatic heterocycles. The smallest absolute Gasteiger partial charge is 0.214 e. The van der Waals surface area contributed by atoms with Crippen molar-refractivity contribution in [2.45, 2.75) is 52.6 Å². The van der Waals surface area contributed by atoms with Crippen LogP contribution in [0.15, 0.2) is 12.4 Å². The topological polar surface area (TPSA) is 55.2 Å². The van der Waals surface area contributed by atoms with Crippen molar-refractivity contribution >= 4 is 10.0 Å². The van der Waals surface area contributed by atoms with E-state index in [4.69, 9.17) is 0 Å². The molecule has 0 aliphatic carbocycles. The van der Waals surface area contributed by atoms with E-state index in [1.165, 1.54) is 0 Å². The normalized spacial score (nSPS) is 22.2. The molecule has 0 saturated carbocycles. The summed E-state index contributed by atoms with van der Waals surface area (Å²) >= 11 is 0. The zero-order valence-corrected chi connectivity index (χ0v) is 13.4. The highest BCUT2D eigenvalue weighted by Crippen LogP contribution is 2.24. The van der Waals surface area contributed by atoms with Crippen molar-refractivity contribution in [3.05, 3.63) is 18.2 Å². The summed E-state index contributed by atoms with van der Waals surface area (Å²) in [7, 11) is -3.14. The molecule has 1 saturated heterocycles. The average molecular weight is 299 g/mol. The van der Waals surface area contributed by atoms with Crippen LogP contribution in [0.3, 0.4) is 0 Å². The van der Waals surface area contributed by atoms with Gasteiger partial charge in [0.15, 0.2) is 0 Å². The maximum absolute atomic E-state index is 12.5. The van der Waals surface area contributed by atoms with Crippen molar-refractivity contribution < 1.29 is 8.42 Å². The summed E-state index contributed by atoms with van der Waals surface area (Å²) in [5.74, 6) is 1.43. The predicted molar refractivity (Wildman–Crippen MR) is 79.9 cm³/mol. The first-order valence-electron chi connectivity index (χ1n) is 7.41. The second kappa shape index (κ2) is 6.26. The van der Waals surface area contributed by atoms with E-state index in [-0.39, 0.29) is 17.7 Å². The van der Waals surface area contributed by atoms with Gasteiger partial charge in [-0.15, -0.1) is 0 Å². The molecule has 6 heteroatoms. The fraction of sp³-hybridized carbons (Fsp3) is 0.786. The van der Waals surface area contributed by atoms with Gasteiger partial charge in [-0.1, -0.05) is 20.3 Å². The first-order chi connectivity index (χ1) is 9.44. The van der Waals surface area contributed by atoms with Crippen LogP contribution in [0.5, 0.6) is 0 Å². The Hall–Kier alpha value is -0.880. The molecular weight excluding hydrogens is 274 g/mol. The van der Waals surface area contributed by atoms with E-state index in [0.29, 0.717) is 13.1 Å². The molecule has 1 aliphatic heterocycles. The molecule has 20 heavy (non-hydrogen) atoms. The van der Waals surface area contributed by atoms with Crippen LogP contribution in [-0.2, 0) is 16.6 Å². The maximum atomic E-state index is 12.5. The Morgan fingerprint density at radius 1 is 1.50 bits per heavy atom. The predicted octanol–water partition coefficient (Wildman–Crippen LogP) is 2.03. The van der Waals surface area contributed by atoms with E-state index in [1.807, 2.05) is 31.5 Å². The van der Waals surface area contributed by atoms with Gasteiger partial charge in [0.2, 0.25) is 10.0 Å². The van der Waals surface area contributed by atoms with Gasteiger partial charge >= 0.3 is 0 Å². The van der Waals surface area contributed by atoms with Crippen LogP contribution in [0.2, 0.25) is 0 Å². The van der Waals surface area contributed by atoms with Crippen molar-refractivity contribution in [1.82, 2.24) is 13.9 Å². The number of sulfonamides is 1. The monoisotopic (exact) mass is 299 g/mol. The summed E-state index contributed by atoms with van der Waals surface area (Å²) < 4.78 is 28.8. The minimum absolute atomic E-state index is 0.0805. The number of hydrogen-bond donors (Lipinski definition) is 0. The van der Waals surface area contributed by atoms with Gasteiger partial charge < -0.3 is 4.57 Å². The Morgan fingerprint density at radius 2 is 2.25 bits per heavy atom. The number of nitrogens with zero attached hydrogens (tertiary/aromatic N) is 3. The highest BCUT2D eigenvalue weighted by molar-refractivity contribution is 7.89. The summed E-state index contributed by atoms with van der Waals surface area (Å²) in [6.07, 6.45) is 6.49. The van der Waals surface area contributed by atoms with E-state index in [9.17, 15) is 8.42 Å². The van der Waals surface area contributed by atoms with Crippen LogP contribution in [0.1, 0.15) is 38.9 Å². The fourth-order valence-electron chi connectivity index (χ4n) is 2.75. The third-order valence-corrected chi connectivity index (χ3v) is 6.39. The van der Waals surface area contributed by atoms with Crippen molar-refractivity contribution in [2.75, 3.05) is 12.3 Å². The third-order valence-electron chi connectivity index (χ3n) is 4.20. The van der Waals surface area contributed by atoms with E-state index in [1.54, 1.807) is 10.5 Å². The van der Waals surface area contributed by atoms with Gasteiger partial charge in [0.05, 0.1) is 5.75 Å². The summed E-state index contributed by atoms with van der Waals surface area (Å²) in [6.45, 7) is 7.37. The SMILES string of the molecule is CC[C@H](C)CS(=O)(=O)N1CCC[C@@H]1Cn1ccnc1C. The third kappa shape index (κ3) is 3.41. The lowest BCUT2D eigenvalue weighted by Crippen LogP contribution is -2.40. The van der Waals surface area contributed by atoms with Crippen LogP contribution in [-0.4, -0.2) is 40.6 Å². The molecule has 2 heterocycles. The second-order valence-electron chi connectivity index (χ2n) is 5.83. The Balaban J connectivity index is 2.09. The Kier molecular flexibility index (Phi) is 4.86. The molecule has 0 N–H and O–H groups in total. The zero-order valence-electron chi connectivity index (χ0n) is 12.6. The molecule has 0 aromatic carbocycles. The molecule has 0 spiro atoms. The Bertz CT molecular complexity index is 538. The second-order valence-corrected chi connectivity index (χ2v) is 7.79. The lowest BCUT2D eigenvalue weighted by molar-refractivity contribution is 0.347. The molecular formula is C14H25N3O2S. The number of imidazole rings is 1. The van der Waals surface area contributed by atoms with Crippen LogP contribution >= 0.6 is 0 Å². The molecule has 2 rings (SSSR count). The van der Waals surface area contributed by atoms with E-state index in [0.717, 1.165) is 25.1 Å². The standard InChI is InChI=1S/C14H25N3O2S/c1-4-12(2)11-20(18,19)17-8-5-6-14(17)10-16-9-7-15-13(16)3/h7,9,12,14H,4-6,8,10-11H2,1-3H3/t12-,14+/m0/s1.